The molecule has 0 aromatic heterocycles. The van der Waals surface area contributed by atoms with Crippen LogP contribution in [0.25, 0.3) is 0 Å². The number of nitrogens with two attached hydrogens (primary N) is 1. The van der Waals surface area contributed by atoms with Crippen LogP contribution in [0.4, 0.5) is 4.79 Å². The molecule has 1 saturated heterocycles. The van der Waals surface area contributed by atoms with E-state index >= 15 is 0 Å². The van der Waals surface area contributed by atoms with Crippen molar-refractivity contribution in [1.29, 1.82) is 0 Å². The predicted octanol–water partition coefficient (Wildman–Crippen LogP) is 1.64. The SMILES string of the molecule is CC(C)(C)OC(=O)N1CCOCC1C(N)C1=COCCC1. The monoisotopic (exact) mass is 298 g/mol. The molecule has 0 spiro atoms. The third kappa shape index (κ3) is 4.35. The Kier molecular flexibility index (Phi) is 5.11. The molecule has 6 nitrogen and oxygen atoms in total. The van der Waals surface area contributed by atoms with E-state index in [1.165, 1.54) is 0 Å². The molecule has 6 heteroatoms. The summed E-state index contributed by atoms with van der Waals surface area (Å²) in [5.74, 6) is 0. The molecule has 0 bridgehead atoms. The minimum Gasteiger partial charge on any atom is -0.501 e. The Labute approximate surface area is 126 Å². The van der Waals surface area contributed by atoms with Gasteiger partial charge in [0, 0.05) is 6.54 Å². The van der Waals surface area contributed by atoms with E-state index in [1.807, 2.05) is 20.8 Å². The van der Waals surface area contributed by atoms with Gasteiger partial charge in [-0.1, -0.05) is 0 Å². The van der Waals surface area contributed by atoms with Crippen molar-refractivity contribution in [3.63, 3.8) is 0 Å². The van der Waals surface area contributed by atoms with Crippen LogP contribution in [0.5, 0.6) is 0 Å². The van der Waals surface area contributed by atoms with Crippen LogP contribution in [-0.4, -0.2) is 55.0 Å². The van der Waals surface area contributed by atoms with Crippen molar-refractivity contribution in [2.45, 2.75) is 51.3 Å². The summed E-state index contributed by atoms with van der Waals surface area (Å²) in [6, 6.07) is -0.486. The Morgan fingerprint density at radius 1 is 1.48 bits per heavy atom. The van der Waals surface area contributed by atoms with Gasteiger partial charge >= 0.3 is 6.09 Å². The normalized spacial score (nSPS) is 24.9. The van der Waals surface area contributed by atoms with Crippen molar-refractivity contribution in [2.24, 2.45) is 5.73 Å². The highest BCUT2D eigenvalue weighted by atomic mass is 16.6. The van der Waals surface area contributed by atoms with E-state index < -0.39 is 5.60 Å². The highest BCUT2D eigenvalue weighted by molar-refractivity contribution is 5.69. The van der Waals surface area contributed by atoms with Crippen LogP contribution in [0.1, 0.15) is 33.6 Å². The first kappa shape index (κ1) is 16.1. The number of hydrogen-bond acceptors (Lipinski definition) is 5. The molecule has 2 rings (SSSR count). The Bertz CT molecular complexity index is 403. The number of rotatable bonds is 2. The van der Waals surface area contributed by atoms with Gasteiger partial charge in [-0.2, -0.15) is 0 Å². The van der Waals surface area contributed by atoms with Crippen molar-refractivity contribution in [3.8, 4) is 0 Å². The van der Waals surface area contributed by atoms with E-state index in [0.29, 0.717) is 19.8 Å². The van der Waals surface area contributed by atoms with Crippen molar-refractivity contribution >= 4 is 6.09 Å². The Morgan fingerprint density at radius 3 is 2.86 bits per heavy atom. The lowest BCUT2D eigenvalue weighted by molar-refractivity contribution is -0.0360. The van der Waals surface area contributed by atoms with E-state index in [-0.39, 0.29) is 18.2 Å². The van der Waals surface area contributed by atoms with Crippen molar-refractivity contribution < 1.29 is 19.0 Å². The van der Waals surface area contributed by atoms with Gasteiger partial charge in [-0.15, -0.1) is 0 Å². The summed E-state index contributed by atoms with van der Waals surface area (Å²) in [6.07, 6.45) is 3.26. The van der Waals surface area contributed by atoms with E-state index in [9.17, 15) is 4.79 Å². The van der Waals surface area contributed by atoms with Crippen LogP contribution in [-0.2, 0) is 14.2 Å². The average Bonchev–Trinajstić information content (AvgIpc) is 2.45. The maximum Gasteiger partial charge on any atom is 0.410 e. The maximum atomic E-state index is 12.4. The molecule has 0 aromatic carbocycles. The first-order valence-electron chi connectivity index (χ1n) is 7.52. The molecule has 21 heavy (non-hydrogen) atoms. The third-order valence-corrected chi connectivity index (χ3v) is 3.60. The standard InChI is InChI=1S/C15H26N2O4/c1-15(2,3)21-14(18)17-6-8-20-10-12(17)13(16)11-5-4-7-19-9-11/h9,12-13H,4-8,10,16H2,1-3H3. The van der Waals surface area contributed by atoms with Crippen LogP contribution in [0.15, 0.2) is 11.8 Å². The minimum absolute atomic E-state index is 0.207. The minimum atomic E-state index is -0.517. The maximum absolute atomic E-state index is 12.4. The van der Waals surface area contributed by atoms with Gasteiger partial charge in [0.1, 0.15) is 5.60 Å². The summed E-state index contributed by atoms with van der Waals surface area (Å²) in [4.78, 5) is 14.0. The number of amides is 1. The van der Waals surface area contributed by atoms with Gasteiger partial charge in [0.05, 0.1) is 38.2 Å². The highest BCUT2D eigenvalue weighted by Crippen LogP contribution is 2.22. The van der Waals surface area contributed by atoms with Crippen LogP contribution >= 0.6 is 0 Å². The molecule has 1 fully saturated rings. The Morgan fingerprint density at radius 2 is 2.24 bits per heavy atom. The van der Waals surface area contributed by atoms with Crippen LogP contribution in [0, 0.1) is 0 Å². The largest absolute Gasteiger partial charge is 0.501 e. The van der Waals surface area contributed by atoms with Crippen LogP contribution < -0.4 is 5.73 Å². The second kappa shape index (κ2) is 6.66. The molecule has 120 valence electrons. The topological polar surface area (TPSA) is 74.0 Å². The number of hydrogen-bond donors (Lipinski definition) is 1. The molecule has 2 atom stereocenters. The smallest absolute Gasteiger partial charge is 0.410 e. The van der Waals surface area contributed by atoms with E-state index in [0.717, 1.165) is 25.0 Å². The summed E-state index contributed by atoms with van der Waals surface area (Å²) >= 11 is 0. The van der Waals surface area contributed by atoms with Gasteiger partial charge in [-0.3, -0.25) is 4.90 Å². The molecule has 0 aliphatic carbocycles. The summed E-state index contributed by atoms with van der Waals surface area (Å²) in [6.45, 7) is 7.75. The van der Waals surface area contributed by atoms with Crippen molar-refractivity contribution in [2.75, 3.05) is 26.4 Å². The number of morpholine rings is 1. The van der Waals surface area contributed by atoms with Gasteiger partial charge in [0.2, 0.25) is 0 Å². The van der Waals surface area contributed by atoms with Gasteiger partial charge in [-0.25, -0.2) is 4.79 Å². The molecule has 2 unspecified atom stereocenters. The lowest BCUT2D eigenvalue weighted by atomic mass is 9.95. The quantitative estimate of drug-likeness (QED) is 0.839. The van der Waals surface area contributed by atoms with Crippen molar-refractivity contribution in [3.05, 3.63) is 11.8 Å². The van der Waals surface area contributed by atoms with Gasteiger partial charge in [0.25, 0.3) is 0 Å². The third-order valence-electron chi connectivity index (χ3n) is 3.60. The first-order chi connectivity index (χ1) is 9.88. The average molecular weight is 298 g/mol. The van der Waals surface area contributed by atoms with Crippen molar-refractivity contribution in [1.82, 2.24) is 4.90 Å². The molecule has 2 heterocycles. The lowest BCUT2D eigenvalue weighted by Gasteiger charge is -2.40. The molecule has 2 aliphatic heterocycles. The zero-order chi connectivity index (χ0) is 15.5. The fraction of sp³-hybridized carbons (Fsp3) is 0.800. The molecule has 2 aliphatic rings. The van der Waals surface area contributed by atoms with Crippen LogP contribution in [0.2, 0.25) is 0 Å². The van der Waals surface area contributed by atoms with Gasteiger partial charge < -0.3 is 19.9 Å². The summed E-state index contributed by atoms with van der Waals surface area (Å²) in [5, 5.41) is 0. The molecule has 2 N–H and O–H groups in total. The fourth-order valence-corrected chi connectivity index (χ4v) is 2.54. The summed E-state index contributed by atoms with van der Waals surface area (Å²) in [5.41, 5.74) is 6.85. The number of ether oxygens (including phenoxy) is 3. The first-order valence-corrected chi connectivity index (χ1v) is 7.52. The van der Waals surface area contributed by atoms with Gasteiger partial charge in [-0.05, 0) is 39.2 Å². The Hall–Kier alpha value is -1.27. The number of carbonyl (C=O) groups is 1. The van der Waals surface area contributed by atoms with Gasteiger partial charge in [0.15, 0.2) is 0 Å². The van der Waals surface area contributed by atoms with Crippen LogP contribution in [0.3, 0.4) is 0 Å². The predicted molar refractivity (Wildman–Crippen MR) is 78.8 cm³/mol. The number of carbonyl (C=O) groups excluding carboxylic acids is 1. The molecule has 0 saturated carbocycles. The molecular formula is C15H26N2O4. The molecule has 0 radical (unpaired) electrons. The fourth-order valence-electron chi connectivity index (χ4n) is 2.54. The zero-order valence-electron chi connectivity index (χ0n) is 13.1. The van der Waals surface area contributed by atoms with E-state index in [2.05, 4.69) is 0 Å². The second-order valence-electron chi connectivity index (χ2n) is 6.51. The summed E-state index contributed by atoms with van der Waals surface area (Å²) in [7, 11) is 0. The van der Waals surface area contributed by atoms with E-state index in [1.54, 1.807) is 11.2 Å². The molecule has 1 amide bonds. The lowest BCUT2D eigenvalue weighted by Crippen LogP contribution is -2.58. The second-order valence-corrected chi connectivity index (χ2v) is 6.51. The number of nitrogens with zero attached hydrogens (tertiary/aromatic N) is 1. The molecular weight excluding hydrogens is 272 g/mol. The van der Waals surface area contributed by atoms with E-state index in [4.69, 9.17) is 19.9 Å². The Balaban J connectivity index is 2.07. The highest BCUT2D eigenvalue weighted by Gasteiger charge is 2.36. The molecule has 0 aromatic rings. The zero-order valence-corrected chi connectivity index (χ0v) is 13.1. The summed E-state index contributed by atoms with van der Waals surface area (Å²) < 4.78 is 16.3.